The number of hydrogen-bond acceptors (Lipinski definition) is 3. The summed E-state index contributed by atoms with van der Waals surface area (Å²) in [6.07, 6.45) is 2.61. The van der Waals surface area contributed by atoms with Gasteiger partial charge in [-0.25, -0.2) is 8.78 Å². The van der Waals surface area contributed by atoms with E-state index in [1.54, 1.807) is 4.90 Å². The number of anilines is 1. The third-order valence-corrected chi connectivity index (χ3v) is 3.71. The van der Waals surface area contributed by atoms with Crippen LogP contribution in [0.15, 0.2) is 12.1 Å². The Morgan fingerprint density at radius 3 is 2.65 bits per heavy atom. The third kappa shape index (κ3) is 3.27. The van der Waals surface area contributed by atoms with Gasteiger partial charge in [-0.05, 0) is 43.5 Å². The topological polar surface area (TPSA) is 35.5 Å². The molecule has 112 valence electrons. The van der Waals surface area contributed by atoms with Crippen LogP contribution in [-0.4, -0.2) is 30.8 Å². The van der Waals surface area contributed by atoms with Crippen molar-refractivity contribution < 1.29 is 13.9 Å². The van der Waals surface area contributed by atoms with Gasteiger partial charge < -0.3 is 15.3 Å². The minimum Gasteiger partial charge on any atom is -0.394 e. The maximum Gasteiger partial charge on any atom is 0.149 e. The number of hydrogen-bond donors (Lipinski definition) is 2. The number of aliphatic hydroxyl groups is 1. The van der Waals surface area contributed by atoms with Crippen molar-refractivity contribution in [2.45, 2.75) is 38.8 Å². The Bertz CT molecular complexity index is 430. The fourth-order valence-electron chi connectivity index (χ4n) is 2.72. The zero-order valence-electron chi connectivity index (χ0n) is 11.8. The predicted octanol–water partition coefficient (Wildman–Crippen LogP) is 2.43. The lowest BCUT2D eigenvalue weighted by atomic mass is 10.1. The maximum absolute atomic E-state index is 14.2. The molecule has 0 saturated carbocycles. The molecule has 1 aromatic rings. The van der Waals surface area contributed by atoms with Crippen molar-refractivity contribution in [2.24, 2.45) is 0 Å². The molecule has 1 unspecified atom stereocenters. The first-order chi connectivity index (χ1) is 9.67. The molecule has 2 N–H and O–H groups in total. The minimum atomic E-state index is -0.543. The molecule has 3 nitrogen and oxygen atoms in total. The van der Waals surface area contributed by atoms with Crippen molar-refractivity contribution >= 4 is 5.69 Å². The van der Waals surface area contributed by atoms with Crippen LogP contribution < -0.4 is 10.2 Å². The standard InChI is InChI=1S/C15H22F2N2O/c1-2-5-18-9-11-7-13(16)15(14(17)8-11)19-6-3-4-12(19)10-20/h7-8,12,18,20H,2-6,9-10H2,1H3. The third-order valence-electron chi connectivity index (χ3n) is 3.71. The zero-order chi connectivity index (χ0) is 14.5. The second-order valence-corrected chi connectivity index (χ2v) is 5.26. The molecule has 0 bridgehead atoms. The quantitative estimate of drug-likeness (QED) is 0.788. The fourth-order valence-corrected chi connectivity index (χ4v) is 2.72. The molecule has 1 saturated heterocycles. The van der Waals surface area contributed by atoms with Gasteiger partial charge in [0.05, 0.1) is 12.6 Å². The number of nitrogens with one attached hydrogen (secondary N) is 1. The van der Waals surface area contributed by atoms with Gasteiger partial charge in [0.1, 0.15) is 17.3 Å². The van der Waals surface area contributed by atoms with Gasteiger partial charge in [-0.15, -0.1) is 0 Å². The van der Waals surface area contributed by atoms with E-state index in [-0.39, 0.29) is 18.3 Å². The van der Waals surface area contributed by atoms with Crippen LogP contribution >= 0.6 is 0 Å². The number of halogens is 2. The van der Waals surface area contributed by atoms with Crippen LogP contribution in [0.1, 0.15) is 31.7 Å². The van der Waals surface area contributed by atoms with Crippen molar-refractivity contribution in [1.82, 2.24) is 5.32 Å². The Hall–Kier alpha value is -1.20. The van der Waals surface area contributed by atoms with E-state index in [1.165, 1.54) is 12.1 Å². The lowest BCUT2D eigenvalue weighted by Crippen LogP contribution is -2.33. The molecule has 1 aliphatic rings. The Kier molecular flexibility index (Phi) is 5.31. The van der Waals surface area contributed by atoms with Gasteiger partial charge in [-0.2, -0.15) is 0 Å². The highest BCUT2D eigenvalue weighted by Crippen LogP contribution is 2.31. The summed E-state index contributed by atoms with van der Waals surface area (Å²) in [6.45, 7) is 3.85. The Labute approximate surface area is 118 Å². The highest BCUT2D eigenvalue weighted by molar-refractivity contribution is 5.52. The second kappa shape index (κ2) is 6.99. The van der Waals surface area contributed by atoms with E-state index in [2.05, 4.69) is 5.32 Å². The van der Waals surface area contributed by atoms with Crippen LogP contribution in [0, 0.1) is 11.6 Å². The van der Waals surface area contributed by atoms with Crippen LogP contribution in [0.5, 0.6) is 0 Å². The molecule has 1 aromatic carbocycles. The first-order valence-corrected chi connectivity index (χ1v) is 7.23. The van der Waals surface area contributed by atoms with Crippen molar-refractivity contribution in [3.8, 4) is 0 Å². The summed E-state index contributed by atoms with van der Waals surface area (Å²) in [7, 11) is 0. The smallest absolute Gasteiger partial charge is 0.149 e. The second-order valence-electron chi connectivity index (χ2n) is 5.26. The van der Waals surface area contributed by atoms with Gasteiger partial charge in [0.25, 0.3) is 0 Å². The first kappa shape index (κ1) is 15.2. The molecule has 1 fully saturated rings. The fraction of sp³-hybridized carbons (Fsp3) is 0.600. The van der Waals surface area contributed by atoms with Crippen LogP contribution in [0.4, 0.5) is 14.5 Å². The molecule has 0 amide bonds. The molecule has 5 heteroatoms. The summed E-state index contributed by atoms with van der Waals surface area (Å²) in [4.78, 5) is 1.65. The van der Waals surface area contributed by atoms with E-state index in [0.29, 0.717) is 18.7 Å². The molecule has 0 aromatic heterocycles. The Morgan fingerprint density at radius 1 is 1.35 bits per heavy atom. The van der Waals surface area contributed by atoms with Gasteiger partial charge in [0.2, 0.25) is 0 Å². The lowest BCUT2D eigenvalue weighted by molar-refractivity contribution is 0.265. The highest BCUT2D eigenvalue weighted by atomic mass is 19.1. The molecule has 1 atom stereocenters. The maximum atomic E-state index is 14.2. The molecule has 20 heavy (non-hydrogen) atoms. The summed E-state index contributed by atoms with van der Waals surface area (Å²) in [5, 5.41) is 12.4. The number of aliphatic hydroxyl groups excluding tert-OH is 1. The molecule has 2 rings (SSSR count). The van der Waals surface area contributed by atoms with Gasteiger partial charge in [-0.3, -0.25) is 0 Å². The van der Waals surface area contributed by atoms with E-state index >= 15 is 0 Å². The van der Waals surface area contributed by atoms with E-state index in [1.807, 2.05) is 6.92 Å². The molecular weight excluding hydrogens is 262 g/mol. The van der Waals surface area contributed by atoms with Crippen molar-refractivity contribution in [1.29, 1.82) is 0 Å². The van der Waals surface area contributed by atoms with Crippen LogP contribution in [0.25, 0.3) is 0 Å². The van der Waals surface area contributed by atoms with Gasteiger partial charge in [0.15, 0.2) is 0 Å². The molecule has 0 radical (unpaired) electrons. The Morgan fingerprint density at radius 2 is 2.05 bits per heavy atom. The summed E-state index contributed by atoms with van der Waals surface area (Å²) in [5.41, 5.74) is 0.609. The molecule has 1 aliphatic heterocycles. The zero-order valence-corrected chi connectivity index (χ0v) is 11.8. The SMILES string of the molecule is CCCNCc1cc(F)c(N2CCCC2CO)c(F)c1. The lowest BCUT2D eigenvalue weighted by Gasteiger charge is -2.26. The van der Waals surface area contributed by atoms with Crippen LogP contribution in [0.2, 0.25) is 0 Å². The number of rotatable bonds is 6. The van der Waals surface area contributed by atoms with E-state index in [0.717, 1.165) is 25.8 Å². The minimum absolute atomic E-state index is 0.000733. The summed E-state index contributed by atoms with van der Waals surface area (Å²) in [6, 6.07) is 2.59. The van der Waals surface area contributed by atoms with Gasteiger partial charge in [-0.1, -0.05) is 6.92 Å². The predicted molar refractivity (Wildman–Crippen MR) is 75.8 cm³/mol. The van der Waals surface area contributed by atoms with Crippen LogP contribution in [-0.2, 0) is 6.54 Å². The Balaban J connectivity index is 2.18. The average Bonchev–Trinajstić information content (AvgIpc) is 2.86. The number of nitrogens with zero attached hydrogens (tertiary/aromatic N) is 1. The van der Waals surface area contributed by atoms with Gasteiger partial charge >= 0.3 is 0 Å². The number of benzene rings is 1. The molecule has 0 spiro atoms. The molecular formula is C15H22F2N2O. The average molecular weight is 284 g/mol. The van der Waals surface area contributed by atoms with Crippen LogP contribution in [0.3, 0.4) is 0 Å². The normalized spacial score (nSPS) is 18.8. The summed E-state index contributed by atoms with van der Waals surface area (Å²) < 4.78 is 28.4. The first-order valence-electron chi connectivity index (χ1n) is 7.23. The highest BCUT2D eigenvalue weighted by Gasteiger charge is 2.28. The molecule has 1 heterocycles. The van der Waals surface area contributed by atoms with E-state index < -0.39 is 11.6 Å². The molecule has 0 aliphatic carbocycles. The summed E-state index contributed by atoms with van der Waals surface area (Å²) >= 11 is 0. The van der Waals surface area contributed by atoms with E-state index in [4.69, 9.17) is 0 Å². The largest absolute Gasteiger partial charge is 0.394 e. The summed E-state index contributed by atoms with van der Waals surface area (Å²) in [5.74, 6) is -1.09. The van der Waals surface area contributed by atoms with Crippen molar-refractivity contribution in [3.63, 3.8) is 0 Å². The van der Waals surface area contributed by atoms with Crippen molar-refractivity contribution in [2.75, 3.05) is 24.6 Å². The monoisotopic (exact) mass is 284 g/mol. The van der Waals surface area contributed by atoms with Crippen molar-refractivity contribution in [3.05, 3.63) is 29.3 Å². The van der Waals surface area contributed by atoms with E-state index in [9.17, 15) is 13.9 Å². The van der Waals surface area contributed by atoms with Gasteiger partial charge in [0, 0.05) is 13.1 Å².